The van der Waals surface area contributed by atoms with Gasteiger partial charge in [0, 0.05) is 19.1 Å². The summed E-state index contributed by atoms with van der Waals surface area (Å²) in [7, 11) is 0. The van der Waals surface area contributed by atoms with Crippen molar-refractivity contribution in [2.24, 2.45) is 17.6 Å². The van der Waals surface area contributed by atoms with Gasteiger partial charge in [0.25, 0.3) is 0 Å². The minimum atomic E-state index is -0.298. The molecule has 0 aromatic heterocycles. The van der Waals surface area contributed by atoms with Crippen molar-refractivity contribution in [1.29, 1.82) is 0 Å². The average Bonchev–Trinajstić information content (AvgIpc) is 2.74. The van der Waals surface area contributed by atoms with E-state index in [4.69, 9.17) is 5.73 Å². The molecule has 1 heterocycles. The third kappa shape index (κ3) is 5.81. The van der Waals surface area contributed by atoms with Crippen LogP contribution in [0.1, 0.15) is 81.9 Å². The number of hydrogen-bond donors (Lipinski definition) is 2. The highest BCUT2D eigenvalue weighted by Gasteiger charge is 2.27. The number of likely N-dealkylation sites (tertiary alicyclic amines) is 1. The first-order valence-electron chi connectivity index (χ1n) is 11.4. The summed E-state index contributed by atoms with van der Waals surface area (Å²) in [6.45, 7) is 5.83. The predicted octanol–water partition coefficient (Wildman–Crippen LogP) is 3.74. The molecule has 3 N–H and O–H groups in total. The molecule has 1 aliphatic heterocycles. The van der Waals surface area contributed by atoms with E-state index < -0.39 is 0 Å². The molecule has 1 aliphatic carbocycles. The number of rotatable bonds is 7. The van der Waals surface area contributed by atoms with E-state index in [9.17, 15) is 9.59 Å². The summed E-state index contributed by atoms with van der Waals surface area (Å²) in [5, 5.41) is 3.47. The average molecular weight is 400 g/mol. The number of amides is 2. The number of hydrogen-bond acceptors (Lipinski definition) is 3. The first-order valence-corrected chi connectivity index (χ1v) is 11.4. The number of piperidine rings is 1. The van der Waals surface area contributed by atoms with Crippen LogP contribution in [0.3, 0.4) is 0 Å². The Hall–Kier alpha value is -1.88. The van der Waals surface area contributed by atoms with E-state index in [1.165, 1.54) is 43.2 Å². The monoisotopic (exact) mass is 399 g/mol. The molecule has 3 rings (SSSR count). The van der Waals surface area contributed by atoms with Crippen molar-refractivity contribution < 1.29 is 9.59 Å². The van der Waals surface area contributed by atoms with Gasteiger partial charge in [-0.1, -0.05) is 57.4 Å². The van der Waals surface area contributed by atoms with Crippen molar-refractivity contribution in [3.8, 4) is 0 Å². The fraction of sp³-hybridized carbons (Fsp3) is 0.667. The lowest BCUT2D eigenvalue weighted by Gasteiger charge is -2.32. The van der Waals surface area contributed by atoms with Crippen LogP contribution in [0.15, 0.2) is 24.3 Å². The zero-order chi connectivity index (χ0) is 20.8. The molecule has 1 saturated carbocycles. The van der Waals surface area contributed by atoms with E-state index >= 15 is 0 Å². The van der Waals surface area contributed by atoms with Crippen molar-refractivity contribution in [3.05, 3.63) is 35.4 Å². The lowest BCUT2D eigenvalue weighted by molar-refractivity contribution is -0.134. The molecule has 0 unspecified atom stereocenters. The third-order valence-corrected chi connectivity index (χ3v) is 6.69. The topological polar surface area (TPSA) is 75.4 Å². The number of nitrogens with one attached hydrogen (secondary N) is 1. The van der Waals surface area contributed by atoms with Crippen molar-refractivity contribution in [2.75, 3.05) is 19.6 Å². The van der Waals surface area contributed by atoms with Crippen molar-refractivity contribution in [3.63, 3.8) is 0 Å². The lowest BCUT2D eigenvalue weighted by Crippen LogP contribution is -2.47. The smallest absolute Gasteiger partial charge is 0.236 e. The van der Waals surface area contributed by atoms with E-state index in [0.29, 0.717) is 31.5 Å². The molecular weight excluding hydrogens is 362 g/mol. The quantitative estimate of drug-likeness (QED) is 0.733. The molecule has 160 valence electrons. The Morgan fingerprint density at radius 2 is 1.76 bits per heavy atom. The Balaban J connectivity index is 1.58. The van der Waals surface area contributed by atoms with Crippen LogP contribution in [-0.2, 0) is 9.59 Å². The van der Waals surface area contributed by atoms with Crippen LogP contribution in [-0.4, -0.2) is 36.3 Å². The molecule has 2 aliphatic rings. The summed E-state index contributed by atoms with van der Waals surface area (Å²) in [5.41, 5.74) is 8.13. The summed E-state index contributed by atoms with van der Waals surface area (Å²) in [4.78, 5) is 26.0. The van der Waals surface area contributed by atoms with Crippen LogP contribution in [0.4, 0.5) is 0 Å². The van der Waals surface area contributed by atoms with Gasteiger partial charge >= 0.3 is 0 Å². The number of carbonyl (C=O) groups is 2. The summed E-state index contributed by atoms with van der Waals surface area (Å²) >= 11 is 0. The van der Waals surface area contributed by atoms with Gasteiger partial charge in [0.1, 0.15) is 0 Å². The Morgan fingerprint density at radius 3 is 2.38 bits per heavy atom. The lowest BCUT2D eigenvalue weighted by atomic mass is 9.83. The highest BCUT2D eigenvalue weighted by atomic mass is 16.2. The van der Waals surface area contributed by atoms with Gasteiger partial charge in [0.2, 0.25) is 11.8 Å². The molecule has 0 spiro atoms. The summed E-state index contributed by atoms with van der Waals surface area (Å²) in [6.07, 6.45) is 8.31. The molecular formula is C24H37N3O2. The van der Waals surface area contributed by atoms with Crippen LogP contribution in [0, 0.1) is 11.8 Å². The van der Waals surface area contributed by atoms with E-state index in [2.05, 4.69) is 43.4 Å². The first-order chi connectivity index (χ1) is 14.0. The van der Waals surface area contributed by atoms with Crippen molar-refractivity contribution in [2.45, 2.75) is 70.8 Å². The van der Waals surface area contributed by atoms with Crippen LogP contribution < -0.4 is 11.1 Å². The Bertz CT molecular complexity index is 680. The molecule has 5 nitrogen and oxygen atoms in total. The Morgan fingerprint density at radius 1 is 1.07 bits per heavy atom. The Labute approximate surface area is 175 Å². The second kappa shape index (κ2) is 10.2. The van der Waals surface area contributed by atoms with Gasteiger partial charge in [-0.25, -0.2) is 0 Å². The number of nitrogens with zero attached hydrogens (tertiary/aromatic N) is 1. The minimum Gasteiger partial charge on any atom is -0.369 e. The molecule has 1 saturated heterocycles. The molecule has 1 aromatic carbocycles. The van der Waals surface area contributed by atoms with Gasteiger partial charge in [-0.05, 0) is 48.6 Å². The molecule has 2 atom stereocenters. The molecule has 2 fully saturated rings. The van der Waals surface area contributed by atoms with E-state index in [-0.39, 0.29) is 23.8 Å². The summed E-state index contributed by atoms with van der Waals surface area (Å²) in [6, 6.07) is 9.17. The van der Waals surface area contributed by atoms with Crippen LogP contribution in [0.2, 0.25) is 0 Å². The fourth-order valence-electron chi connectivity index (χ4n) is 4.89. The molecule has 0 bridgehead atoms. The highest BCUT2D eigenvalue weighted by molar-refractivity contribution is 5.81. The first kappa shape index (κ1) is 21.8. The second-order valence-electron chi connectivity index (χ2n) is 9.19. The standard InChI is InChI=1S/C24H37N3O2/c1-17(2)23(20-12-10-19(11-13-20)18-7-4-3-5-8-18)26-15-22(28)27-14-6-9-21(16-27)24(25)29/h10-13,17-18,21,23,26H,3-9,14-16H2,1-2H3,(H2,25,29)/t21-,23-/m0/s1. The third-order valence-electron chi connectivity index (χ3n) is 6.69. The summed E-state index contributed by atoms with van der Waals surface area (Å²) < 4.78 is 0. The van der Waals surface area contributed by atoms with Crippen LogP contribution in [0.5, 0.6) is 0 Å². The molecule has 5 heteroatoms. The number of benzene rings is 1. The number of primary amides is 1. The maximum Gasteiger partial charge on any atom is 0.236 e. The maximum atomic E-state index is 12.7. The second-order valence-corrected chi connectivity index (χ2v) is 9.19. The molecule has 29 heavy (non-hydrogen) atoms. The number of nitrogens with two attached hydrogens (primary N) is 1. The SMILES string of the molecule is CC(C)[C@H](NCC(=O)N1CCC[C@H](C(N)=O)C1)c1ccc(C2CCCCC2)cc1. The van der Waals surface area contributed by atoms with E-state index in [1.54, 1.807) is 4.90 Å². The zero-order valence-corrected chi connectivity index (χ0v) is 18.0. The fourth-order valence-corrected chi connectivity index (χ4v) is 4.89. The van der Waals surface area contributed by atoms with Gasteiger partial charge in [-0.2, -0.15) is 0 Å². The van der Waals surface area contributed by atoms with Crippen molar-refractivity contribution >= 4 is 11.8 Å². The Kier molecular flexibility index (Phi) is 7.70. The van der Waals surface area contributed by atoms with E-state index in [0.717, 1.165) is 12.8 Å². The minimum absolute atomic E-state index is 0.0559. The van der Waals surface area contributed by atoms with Gasteiger partial charge in [-0.15, -0.1) is 0 Å². The maximum absolute atomic E-state index is 12.7. The molecule has 1 aromatic rings. The van der Waals surface area contributed by atoms with Crippen molar-refractivity contribution in [1.82, 2.24) is 10.2 Å². The van der Waals surface area contributed by atoms with Crippen LogP contribution in [0.25, 0.3) is 0 Å². The molecule has 0 radical (unpaired) electrons. The van der Waals surface area contributed by atoms with E-state index in [1.807, 2.05) is 0 Å². The van der Waals surface area contributed by atoms with Gasteiger partial charge in [-0.3, -0.25) is 9.59 Å². The van der Waals surface area contributed by atoms with Gasteiger partial charge < -0.3 is 16.0 Å². The molecule has 2 amide bonds. The predicted molar refractivity (Wildman–Crippen MR) is 116 cm³/mol. The van der Waals surface area contributed by atoms with Gasteiger partial charge in [0.05, 0.1) is 12.5 Å². The normalized spacial score (nSPS) is 21.9. The van der Waals surface area contributed by atoms with Gasteiger partial charge in [0.15, 0.2) is 0 Å². The number of carbonyl (C=O) groups excluding carboxylic acids is 2. The summed E-state index contributed by atoms with van der Waals surface area (Å²) in [5.74, 6) is 0.639. The zero-order valence-electron chi connectivity index (χ0n) is 18.0. The largest absolute Gasteiger partial charge is 0.369 e. The highest BCUT2D eigenvalue weighted by Crippen LogP contribution is 2.33. The van der Waals surface area contributed by atoms with Crippen LogP contribution >= 0.6 is 0 Å².